The second kappa shape index (κ2) is 8.30. The summed E-state index contributed by atoms with van der Waals surface area (Å²) in [6.45, 7) is 2.38. The van der Waals surface area contributed by atoms with Gasteiger partial charge in [0.15, 0.2) is 0 Å². The molecule has 0 spiro atoms. The molecule has 0 aromatic heterocycles. The van der Waals surface area contributed by atoms with Crippen LogP contribution in [0.25, 0.3) is 17.2 Å². The van der Waals surface area contributed by atoms with E-state index in [0.717, 1.165) is 18.9 Å². The number of amides is 1. The van der Waals surface area contributed by atoms with Gasteiger partial charge in [-0.15, -0.1) is 0 Å². The molecule has 0 radical (unpaired) electrons. The van der Waals surface area contributed by atoms with Crippen LogP contribution in [-0.2, 0) is 11.0 Å². The molecular formula is C22H18ClF3N2O. The van der Waals surface area contributed by atoms with E-state index < -0.39 is 11.7 Å². The molecule has 2 aromatic rings. The van der Waals surface area contributed by atoms with E-state index >= 15 is 0 Å². The lowest BCUT2D eigenvalue weighted by Gasteiger charge is -2.15. The third-order valence-corrected chi connectivity index (χ3v) is 5.27. The van der Waals surface area contributed by atoms with Crippen molar-refractivity contribution < 1.29 is 18.0 Å². The molecule has 1 N–H and O–H groups in total. The van der Waals surface area contributed by atoms with Crippen LogP contribution in [-0.4, -0.2) is 12.5 Å². The van der Waals surface area contributed by atoms with Crippen LogP contribution in [0.4, 0.5) is 13.2 Å². The van der Waals surface area contributed by atoms with Crippen molar-refractivity contribution in [3.8, 4) is 17.2 Å². The molecule has 7 heteroatoms. The average Bonchev–Trinajstić information content (AvgIpc) is 2.87. The molecule has 2 aromatic carbocycles. The molecule has 1 amide bonds. The largest absolute Gasteiger partial charge is 0.417 e. The van der Waals surface area contributed by atoms with Gasteiger partial charge >= 0.3 is 6.18 Å². The minimum atomic E-state index is -4.59. The molecule has 1 heterocycles. The molecule has 1 saturated heterocycles. The highest BCUT2D eigenvalue weighted by molar-refractivity contribution is 6.31. The first-order chi connectivity index (χ1) is 13.7. The second-order valence-electron chi connectivity index (χ2n) is 6.92. The summed E-state index contributed by atoms with van der Waals surface area (Å²) in [5.41, 5.74) is 2.09. The van der Waals surface area contributed by atoms with Gasteiger partial charge < -0.3 is 5.32 Å². The van der Waals surface area contributed by atoms with Crippen molar-refractivity contribution in [1.82, 2.24) is 5.32 Å². The van der Waals surface area contributed by atoms with Crippen LogP contribution < -0.4 is 5.32 Å². The van der Waals surface area contributed by atoms with Crippen molar-refractivity contribution >= 4 is 23.6 Å². The molecule has 29 heavy (non-hydrogen) atoms. The van der Waals surface area contributed by atoms with Crippen molar-refractivity contribution in [2.24, 2.45) is 0 Å². The van der Waals surface area contributed by atoms with E-state index in [-0.39, 0.29) is 10.9 Å². The maximum atomic E-state index is 13.3. The van der Waals surface area contributed by atoms with E-state index in [1.165, 1.54) is 12.1 Å². The van der Waals surface area contributed by atoms with Gasteiger partial charge in [-0.1, -0.05) is 17.7 Å². The number of rotatable bonds is 2. The maximum absolute atomic E-state index is 13.3. The normalized spacial score (nSPS) is 16.3. The zero-order valence-corrected chi connectivity index (χ0v) is 16.4. The molecule has 0 atom stereocenters. The van der Waals surface area contributed by atoms with Gasteiger partial charge in [-0.2, -0.15) is 18.4 Å². The minimum Gasteiger partial charge on any atom is -0.352 e. The Kier molecular flexibility index (Phi) is 5.99. The summed E-state index contributed by atoms with van der Waals surface area (Å²) >= 11 is 5.73. The number of carbonyl (C=O) groups is 1. The molecule has 0 aliphatic carbocycles. The number of benzene rings is 2. The van der Waals surface area contributed by atoms with E-state index in [2.05, 4.69) is 5.32 Å². The molecular weight excluding hydrogens is 401 g/mol. The number of nitrogens with zero attached hydrogens (tertiary/aromatic N) is 1. The highest BCUT2D eigenvalue weighted by Crippen LogP contribution is 2.38. The van der Waals surface area contributed by atoms with Crippen LogP contribution in [0.2, 0.25) is 5.02 Å². The molecule has 0 unspecified atom stereocenters. The van der Waals surface area contributed by atoms with Gasteiger partial charge in [0.25, 0.3) is 0 Å². The summed E-state index contributed by atoms with van der Waals surface area (Å²) in [7, 11) is 0. The molecule has 1 aliphatic heterocycles. The Morgan fingerprint density at radius 3 is 2.66 bits per heavy atom. The van der Waals surface area contributed by atoms with Crippen LogP contribution in [0.15, 0.2) is 35.9 Å². The van der Waals surface area contributed by atoms with Gasteiger partial charge in [0.2, 0.25) is 5.91 Å². The number of hydrogen-bond acceptors (Lipinski definition) is 2. The first kappa shape index (κ1) is 20.9. The van der Waals surface area contributed by atoms with Gasteiger partial charge in [0.05, 0.1) is 22.2 Å². The monoisotopic (exact) mass is 418 g/mol. The van der Waals surface area contributed by atoms with Crippen molar-refractivity contribution in [3.63, 3.8) is 0 Å². The number of halogens is 4. The molecule has 0 saturated carbocycles. The Morgan fingerprint density at radius 1 is 1.21 bits per heavy atom. The lowest BCUT2D eigenvalue weighted by Crippen LogP contribution is -2.23. The zero-order valence-electron chi connectivity index (χ0n) is 15.7. The smallest absolute Gasteiger partial charge is 0.352 e. The van der Waals surface area contributed by atoms with Crippen LogP contribution in [0.1, 0.15) is 41.5 Å². The predicted octanol–water partition coefficient (Wildman–Crippen LogP) is 5.89. The Balaban J connectivity index is 2.16. The maximum Gasteiger partial charge on any atom is 0.417 e. The third-order valence-electron chi connectivity index (χ3n) is 4.94. The number of hydrogen-bond donors (Lipinski definition) is 1. The number of nitriles is 1. The number of carbonyl (C=O) groups excluding carboxylic acids is 1. The molecule has 3 nitrogen and oxygen atoms in total. The molecule has 150 valence electrons. The van der Waals surface area contributed by atoms with Gasteiger partial charge in [-0.3, -0.25) is 4.79 Å². The predicted molar refractivity (Wildman–Crippen MR) is 106 cm³/mol. The SMILES string of the molecule is Cc1c(/C=C2\CCCCNC2=O)cc(C#N)cc1-c1ccc(Cl)c(C(F)(F)F)c1. The van der Waals surface area contributed by atoms with Crippen LogP contribution in [0, 0.1) is 18.3 Å². The van der Waals surface area contributed by atoms with E-state index in [4.69, 9.17) is 11.6 Å². The Labute approximate surface area is 171 Å². The highest BCUT2D eigenvalue weighted by Gasteiger charge is 2.33. The van der Waals surface area contributed by atoms with Gasteiger partial charge in [-0.25, -0.2) is 0 Å². The highest BCUT2D eigenvalue weighted by atomic mass is 35.5. The Bertz CT molecular complexity index is 1040. The standard InChI is InChI=1S/C22H18ClF3N2O/c1-13-17(10-16-4-2-3-7-28-21(16)29)8-14(12-27)9-18(13)15-5-6-20(23)19(11-15)22(24,25)26/h5-6,8-11H,2-4,7H2,1H3,(H,28,29)/b16-10+. The van der Waals surface area contributed by atoms with Crippen LogP contribution >= 0.6 is 11.6 Å². The van der Waals surface area contributed by atoms with Gasteiger partial charge in [-0.05, 0) is 78.8 Å². The fourth-order valence-electron chi connectivity index (χ4n) is 3.36. The van der Waals surface area contributed by atoms with E-state index in [0.29, 0.717) is 46.4 Å². The van der Waals surface area contributed by atoms with Crippen LogP contribution in [0.5, 0.6) is 0 Å². The summed E-state index contributed by atoms with van der Waals surface area (Å²) in [6, 6.07) is 8.92. The van der Waals surface area contributed by atoms with Gasteiger partial charge in [0, 0.05) is 12.1 Å². The van der Waals surface area contributed by atoms with Crippen LogP contribution in [0.3, 0.4) is 0 Å². The lowest BCUT2D eigenvalue weighted by atomic mass is 9.91. The number of alkyl halides is 3. The van der Waals surface area contributed by atoms with Gasteiger partial charge in [0.1, 0.15) is 0 Å². The summed E-state index contributed by atoms with van der Waals surface area (Å²) in [4.78, 5) is 12.2. The first-order valence-corrected chi connectivity index (χ1v) is 9.49. The van der Waals surface area contributed by atoms with E-state index in [1.807, 2.05) is 6.07 Å². The summed E-state index contributed by atoms with van der Waals surface area (Å²) in [6.07, 6.45) is -0.508. The summed E-state index contributed by atoms with van der Waals surface area (Å²) < 4.78 is 39.8. The topological polar surface area (TPSA) is 52.9 Å². The molecule has 1 aliphatic rings. The quantitative estimate of drug-likeness (QED) is 0.618. The molecule has 1 fully saturated rings. The Hall–Kier alpha value is -2.78. The molecule has 0 bridgehead atoms. The van der Waals surface area contributed by atoms with Crippen molar-refractivity contribution in [1.29, 1.82) is 5.26 Å². The van der Waals surface area contributed by atoms with E-state index in [1.54, 1.807) is 25.1 Å². The number of nitrogens with one attached hydrogen (secondary N) is 1. The Morgan fingerprint density at radius 2 is 1.97 bits per heavy atom. The van der Waals surface area contributed by atoms with E-state index in [9.17, 15) is 23.2 Å². The first-order valence-electron chi connectivity index (χ1n) is 9.11. The zero-order chi connectivity index (χ0) is 21.2. The minimum absolute atomic E-state index is 0.156. The van der Waals surface area contributed by atoms with Crippen molar-refractivity contribution in [2.75, 3.05) is 6.54 Å². The fourth-order valence-corrected chi connectivity index (χ4v) is 3.58. The summed E-state index contributed by atoms with van der Waals surface area (Å²) in [5.74, 6) is -0.156. The average molecular weight is 419 g/mol. The second-order valence-corrected chi connectivity index (χ2v) is 7.33. The third kappa shape index (κ3) is 4.63. The fraction of sp³-hybridized carbons (Fsp3) is 0.273. The van der Waals surface area contributed by atoms with Crippen molar-refractivity contribution in [2.45, 2.75) is 32.4 Å². The summed E-state index contributed by atoms with van der Waals surface area (Å²) in [5, 5.41) is 11.8. The lowest BCUT2D eigenvalue weighted by molar-refractivity contribution is -0.137. The van der Waals surface area contributed by atoms with Crippen molar-refractivity contribution in [3.05, 3.63) is 63.2 Å². The molecule has 3 rings (SSSR count).